The molecular formula is C19H22Cl2N3O2+. The number of hydrogen-bond donors (Lipinski definition) is 3. The number of nitrogens with one attached hydrogen (secondary N) is 3. The number of quaternary nitrogens is 1. The molecular weight excluding hydrogens is 373 g/mol. The van der Waals surface area contributed by atoms with Crippen LogP contribution in [-0.4, -0.2) is 32.0 Å². The first-order valence-corrected chi connectivity index (χ1v) is 9.01. The summed E-state index contributed by atoms with van der Waals surface area (Å²) in [5.41, 5.74) is 1.61. The van der Waals surface area contributed by atoms with Gasteiger partial charge in [-0.15, -0.1) is 0 Å². The van der Waals surface area contributed by atoms with Crippen LogP contribution in [0.1, 0.15) is 18.5 Å². The molecule has 3 N–H and O–H groups in total. The summed E-state index contributed by atoms with van der Waals surface area (Å²) in [7, 11) is 1.79. The van der Waals surface area contributed by atoms with Crippen LogP contribution in [0, 0.1) is 0 Å². The summed E-state index contributed by atoms with van der Waals surface area (Å²) in [5, 5.41) is 6.49. The van der Waals surface area contributed by atoms with Gasteiger partial charge in [0.15, 0.2) is 13.1 Å². The van der Waals surface area contributed by atoms with Gasteiger partial charge in [0.05, 0.1) is 23.1 Å². The molecule has 0 spiro atoms. The standard InChI is InChI=1S/C19H21Cl2N3O2/c1-13(14-6-4-3-5-7-14)22-18(25)11-24(2)12-19(26)23-15-8-9-16(20)17(21)10-15/h3-10,13H,11-12H2,1-2H3,(H,22,25)(H,23,26)/p+1/t13-/m0/s1. The topological polar surface area (TPSA) is 62.6 Å². The van der Waals surface area contributed by atoms with Gasteiger partial charge in [-0.25, -0.2) is 0 Å². The highest BCUT2D eigenvalue weighted by atomic mass is 35.5. The van der Waals surface area contributed by atoms with E-state index in [1.165, 1.54) is 0 Å². The van der Waals surface area contributed by atoms with Crippen molar-refractivity contribution in [1.82, 2.24) is 5.32 Å². The van der Waals surface area contributed by atoms with Crippen LogP contribution < -0.4 is 15.5 Å². The van der Waals surface area contributed by atoms with Crippen LogP contribution in [-0.2, 0) is 9.59 Å². The number of likely N-dealkylation sites (N-methyl/N-ethyl adjacent to an activating group) is 1. The van der Waals surface area contributed by atoms with Crippen molar-refractivity contribution in [2.24, 2.45) is 0 Å². The molecule has 0 aliphatic rings. The quantitative estimate of drug-likeness (QED) is 0.674. The Bertz CT molecular complexity index is 769. The Hall–Kier alpha value is -2.08. The molecule has 5 nitrogen and oxygen atoms in total. The largest absolute Gasteiger partial charge is 0.345 e. The molecule has 2 rings (SSSR count). The van der Waals surface area contributed by atoms with Crippen molar-refractivity contribution >= 4 is 40.7 Å². The lowest BCUT2D eigenvalue weighted by Crippen LogP contribution is -3.11. The highest BCUT2D eigenvalue weighted by Crippen LogP contribution is 2.24. The summed E-state index contributed by atoms with van der Waals surface area (Å²) in [5.74, 6) is -0.314. The van der Waals surface area contributed by atoms with E-state index in [9.17, 15) is 9.59 Å². The molecule has 2 aromatic carbocycles. The molecule has 2 aromatic rings. The maximum absolute atomic E-state index is 12.2. The van der Waals surface area contributed by atoms with Crippen LogP contribution in [0.3, 0.4) is 0 Å². The number of amides is 2. The van der Waals surface area contributed by atoms with Crippen LogP contribution in [0.2, 0.25) is 10.0 Å². The highest BCUT2D eigenvalue weighted by Gasteiger charge is 2.16. The van der Waals surface area contributed by atoms with Gasteiger partial charge in [0.2, 0.25) is 0 Å². The minimum atomic E-state index is -0.204. The fourth-order valence-electron chi connectivity index (χ4n) is 2.51. The number of carbonyl (C=O) groups is 2. The zero-order valence-corrected chi connectivity index (χ0v) is 16.2. The van der Waals surface area contributed by atoms with Crippen LogP contribution in [0.4, 0.5) is 5.69 Å². The van der Waals surface area contributed by atoms with E-state index in [0.29, 0.717) is 15.7 Å². The van der Waals surface area contributed by atoms with Crippen LogP contribution in [0.15, 0.2) is 48.5 Å². The smallest absolute Gasteiger partial charge is 0.279 e. The van der Waals surface area contributed by atoms with Gasteiger partial charge in [-0.2, -0.15) is 0 Å². The van der Waals surface area contributed by atoms with Gasteiger partial charge >= 0.3 is 0 Å². The van der Waals surface area contributed by atoms with Crippen molar-refractivity contribution < 1.29 is 14.5 Å². The molecule has 0 aliphatic heterocycles. The Kier molecular flexibility index (Phi) is 7.45. The van der Waals surface area contributed by atoms with E-state index < -0.39 is 0 Å². The number of halogens is 2. The molecule has 0 radical (unpaired) electrons. The summed E-state index contributed by atoms with van der Waals surface area (Å²) in [6, 6.07) is 14.5. The minimum Gasteiger partial charge on any atom is -0.345 e. The second-order valence-electron chi connectivity index (χ2n) is 6.19. The average molecular weight is 395 g/mol. The number of hydrogen-bond acceptors (Lipinski definition) is 2. The second-order valence-corrected chi connectivity index (χ2v) is 7.00. The predicted octanol–water partition coefficient (Wildman–Crippen LogP) is 2.32. The van der Waals surface area contributed by atoms with Crippen LogP contribution >= 0.6 is 23.2 Å². The third kappa shape index (κ3) is 6.33. The van der Waals surface area contributed by atoms with Crippen molar-refractivity contribution in [3.8, 4) is 0 Å². The molecule has 2 atom stereocenters. The molecule has 1 unspecified atom stereocenters. The van der Waals surface area contributed by atoms with E-state index in [4.69, 9.17) is 23.2 Å². The minimum absolute atomic E-state index is 0.0819. The molecule has 2 amide bonds. The Balaban J connectivity index is 1.79. The summed E-state index contributed by atoms with van der Waals surface area (Å²) in [4.78, 5) is 25.0. The third-order valence-electron chi connectivity index (χ3n) is 3.81. The van der Waals surface area contributed by atoms with Crippen LogP contribution in [0.5, 0.6) is 0 Å². The number of anilines is 1. The Morgan fingerprint density at radius 1 is 1.00 bits per heavy atom. The predicted molar refractivity (Wildman–Crippen MR) is 105 cm³/mol. The Labute approximate surface area is 163 Å². The Morgan fingerprint density at radius 3 is 2.31 bits per heavy atom. The Morgan fingerprint density at radius 2 is 1.65 bits per heavy atom. The lowest BCUT2D eigenvalue weighted by atomic mass is 10.1. The highest BCUT2D eigenvalue weighted by molar-refractivity contribution is 6.42. The van der Waals surface area contributed by atoms with E-state index in [1.807, 2.05) is 37.3 Å². The molecule has 0 saturated heterocycles. The van der Waals surface area contributed by atoms with E-state index in [2.05, 4.69) is 10.6 Å². The molecule has 7 heteroatoms. The second kappa shape index (κ2) is 9.57. The normalized spacial score (nSPS) is 12.9. The average Bonchev–Trinajstić information content (AvgIpc) is 2.58. The van der Waals surface area contributed by atoms with Gasteiger partial charge in [0.1, 0.15) is 0 Å². The van der Waals surface area contributed by atoms with Gasteiger partial charge in [-0.3, -0.25) is 9.59 Å². The molecule has 26 heavy (non-hydrogen) atoms. The fraction of sp³-hybridized carbons (Fsp3) is 0.263. The third-order valence-corrected chi connectivity index (χ3v) is 4.54. The zero-order valence-electron chi connectivity index (χ0n) is 14.7. The van der Waals surface area contributed by atoms with Crippen molar-refractivity contribution in [2.75, 3.05) is 25.5 Å². The van der Waals surface area contributed by atoms with Crippen molar-refractivity contribution in [2.45, 2.75) is 13.0 Å². The van der Waals surface area contributed by atoms with Gasteiger partial charge in [-0.05, 0) is 30.7 Å². The molecule has 138 valence electrons. The van der Waals surface area contributed by atoms with Gasteiger partial charge in [-0.1, -0.05) is 53.5 Å². The van der Waals surface area contributed by atoms with E-state index in [0.717, 1.165) is 10.5 Å². The van der Waals surface area contributed by atoms with Crippen molar-refractivity contribution in [1.29, 1.82) is 0 Å². The van der Waals surface area contributed by atoms with Gasteiger partial charge < -0.3 is 15.5 Å². The first-order chi connectivity index (χ1) is 12.3. The van der Waals surface area contributed by atoms with E-state index >= 15 is 0 Å². The van der Waals surface area contributed by atoms with E-state index in [1.54, 1.807) is 25.2 Å². The molecule has 0 aliphatic carbocycles. The van der Waals surface area contributed by atoms with Crippen molar-refractivity contribution in [3.63, 3.8) is 0 Å². The fourth-order valence-corrected chi connectivity index (χ4v) is 2.81. The molecule has 0 saturated carbocycles. The zero-order chi connectivity index (χ0) is 19.1. The summed E-state index contributed by atoms with van der Waals surface area (Å²) in [6.07, 6.45) is 0. The molecule has 0 aromatic heterocycles. The first-order valence-electron chi connectivity index (χ1n) is 8.25. The number of carbonyl (C=O) groups excluding carboxylic acids is 2. The number of rotatable bonds is 7. The molecule has 0 fully saturated rings. The molecule has 0 heterocycles. The monoisotopic (exact) mass is 394 g/mol. The van der Waals surface area contributed by atoms with Gasteiger partial charge in [0.25, 0.3) is 11.8 Å². The maximum Gasteiger partial charge on any atom is 0.279 e. The first kappa shape index (κ1) is 20.2. The maximum atomic E-state index is 12.2. The van der Waals surface area contributed by atoms with Gasteiger partial charge in [0, 0.05) is 5.69 Å². The SMILES string of the molecule is C[C@H](NC(=O)C[NH+](C)CC(=O)Nc1ccc(Cl)c(Cl)c1)c1ccccc1. The van der Waals surface area contributed by atoms with Crippen molar-refractivity contribution in [3.05, 3.63) is 64.1 Å². The summed E-state index contributed by atoms with van der Waals surface area (Å²) < 4.78 is 0. The summed E-state index contributed by atoms with van der Waals surface area (Å²) in [6.45, 7) is 2.29. The van der Waals surface area contributed by atoms with E-state index in [-0.39, 0.29) is 30.9 Å². The summed E-state index contributed by atoms with van der Waals surface area (Å²) >= 11 is 11.8. The van der Waals surface area contributed by atoms with Crippen LogP contribution in [0.25, 0.3) is 0 Å². The lowest BCUT2D eigenvalue weighted by Gasteiger charge is -2.17. The lowest BCUT2D eigenvalue weighted by molar-refractivity contribution is -0.862. The molecule has 0 bridgehead atoms. The number of benzene rings is 2.